The van der Waals surface area contributed by atoms with Crippen LogP contribution < -0.4 is 4.72 Å². The fourth-order valence-corrected chi connectivity index (χ4v) is 4.00. The molecule has 0 fully saturated rings. The number of aromatic nitrogens is 4. The number of nitrogens with zero attached hydrogens (tertiary/aromatic N) is 4. The van der Waals surface area contributed by atoms with Crippen molar-refractivity contribution in [3.05, 3.63) is 29.3 Å². The Hall–Kier alpha value is -1.67. The molecule has 7 nitrogen and oxygen atoms in total. The van der Waals surface area contributed by atoms with E-state index in [0.29, 0.717) is 36.9 Å². The highest BCUT2D eigenvalue weighted by Gasteiger charge is 2.23. The summed E-state index contributed by atoms with van der Waals surface area (Å²) in [4.78, 5) is 0.284. The Morgan fingerprint density at radius 3 is 2.48 bits per heavy atom. The van der Waals surface area contributed by atoms with Crippen molar-refractivity contribution in [2.45, 2.75) is 58.5 Å². The molecule has 23 heavy (non-hydrogen) atoms. The molecule has 128 valence electrons. The van der Waals surface area contributed by atoms with Gasteiger partial charge < -0.3 is 0 Å². The number of sulfonamides is 1. The van der Waals surface area contributed by atoms with E-state index >= 15 is 0 Å². The average Bonchev–Trinajstić information content (AvgIpc) is 3.03. The van der Waals surface area contributed by atoms with Gasteiger partial charge in [-0.1, -0.05) is 0 Å². The lowest BCUT2D eigenvalue weighted by Crippen LogP contribution is -2.27. The molecule has 0 radical (unpaired) electrons. The summed E-state index contributed by atoms with van der Waals surface area (Å²) in [5.74, 6) is 0. The summed E-state index contributed by atoms with van der Waals surface area (Å²) >= 11 is 0. The Balaban J connectivity index is 2.05. The van der Waals surface area contributed by atoms with E-state index in [4.69, 9.17) is 0 Å². The predicted molar refractivity (Wildman–Crippen MR) is 88.9 cm³/mol. The third-order valence-corrected chi connectivity index (χ3v) is 5.46. The molecule has 0 bridgehead atoms. The summed E-state index contributed by atoms with van der Waals surface area (Å²) in [6.07, 6.45) is 2.47. The van der Waals surface area contributed by atoms with Crippen molar-refractivity contribution in [2.24, 2.45) is 0 Å². The van der Waals surface area contributed by atoms with Crippen LogP contribution >= 0.6 is 0 Å². The van der Waals surface area contributed by atoms with E-state index in [9.17, 15) is 8.42 Å². The van der Waals surface area contributed by atoms with E-state index in [-0.39, 0.29) is 4.90 Å². The van der Waals surface area contributed by atoms with E-state index in [1.807, 2.05) is 23.9 Å². The minimum Gasteiger partial charge on any atom is -0.270 e. The van der Waals surface area contributed by atoms with Crippen LogP contribution in [0.25, 0.3) is 0 Å². The molecule has 8 heteroatoms. The quantitative estimate of drug-likeness (QED) is 0.834. The van der Waals surface area contributed by atoms with Gasteiger partial charge in [0.15, 0.2) is 0 Å². The van der Waals surface area contributed by atoms with E-state index in [2.05, 4.69) is 28.8 Å². The van der Waals surface area contributed by atoms with Gasteiger partial charge in [-0.05, 0) is 40.7 Å². The summed E-state index contributed by atoms with van der Waals surface area (Å²) in [5.41, 5.74) is 2.07. The van der Waals surface area contributed by atoms with Crippen LogP contribution in [0.4, 0.5) is 0 Å². The monoisotopic (exact) mass is 339 g/mol. The molecule has 0 aliphatic rings. The zero-order chi connectivity index (χ0) is 17.2. The van der Waals surface area contributed by atoms with Crippen molar-refractivity contribution in [3.8, 4) is 0 Å². The van der Waals surface area contributed by atoms with Crippen LogP contribution in [0, 0.1) is 13.8 Å². The molecule has 0 saturated heterocycles. The van der Waals surface area contributed by atoms with Crippen molar-refractivity contribution in [3.63, 3.8) is 0 Å². The van der Waals surface area contributed by atoms with Crippen molar-refractivity contribution in [2.75, 3.05) is 6.54 Å². The summed E-state index contributed by atoms with van der Waals surface area (Å²) in [5, 5.41) is 8.69. The number of rotatable bonds is 7. The van der Waals surface area contributed by atoms with Crippen molar-refractivity contribution in [1.82, 2.24) is 24.3 Å². The number of hydrogen-bond donors (Lipinski definition) is 1. The van der Waals surface area contributed by atoms with Gasteiger partial charge >= 0.3 is 0 Å². The first kappa shape index (κ1) is 17.7. The van der Waals surface area contributed by atoms with Crippen LogP contribution in [0.5, 0.6) is 0 Å². The number of hydrogen-bond acceptors (Lipinski definition) is 4. The van der Waals surface area contributed by atoms with E-state index < -0.39 is 10.0 Å². The number of nitrogens with one attached hydrogen (secondary N) is 1. The molecule has 0 aromatic carbocycles. The maximum Gasteiger partial charge on any atom is 0.244 e. The minimum absolute atomic E-state index is 0.284. The smallest absolute Gasteiger partial charge is 0.244 e. The first-order chi connectivity index (χ1) is 10.8. The van der Waals surface area contributed by atoms with Gasteiger partial charge in [0.1, 0.15) is 4.90 Å². The molecule has 0 saturated carbocycles. The summed E-state index contributed by atoms with van der Waals surface area (Å²) in [6.45, 7) is 10.5. The van der Waals surface area contributed by atoms with Crippen LogP contribution in [0.15, 0.2) is 17.2 Å². The Kier molecular flexibility index (Phi) is 5.26. The van der Waals surface area contributed by atoms with E-state index in [1.165, 1.54) is 0 Å². The molecular weight excluding hydrogens is 314 g/mol. The Labute approximate surface area is 137 Å². The molecular formula is C15H25N5O2S. The summed E-state index contributed by atoms with van der Waals surface area (Å²) in [6, 6.07) is 2.21. The SMILES string of the molecule is CCn1nc(C)c(S(=O)(=O)NCCc2ccn(C(C)C)n2)c1C. The van der Waals surface area contributed by atoms with Crippen LogP contribution in [-0.4, -0.2) is 34.5 Å². The molecule has 2 rings (SSSR count). The van der Waals surface area contributed by atoms with Gasteiger partial charge in [-0.3, -0.25) is 9.36 Å². The molecule has 0 unspecified atom stereocenters. The molecule has 0 aliphatic carbocycles. The zero-order valence-corrected chi connectivity index (χ0v) is 15.2. The molecule has 2 aromatic heterocycles. The predicted octanol–water partition coefficient (Wildman–Crippen LogP) is 1.82. The lowest BCUT2D eigenvalue weighted by Gasteiger charge is -2.07. The molecule has 2 heterocycles. The highest BCUT2D eigenvalue weighted by molar-refractivity contribution is 7.89. The van der Waals surface area contributed by atoms with Crippen LogP contribution in [0.3, 0.4) is 0 Å². The molecule has 1 N–H and O–H groups in total. The third kappa shape index (κ3) is 3.81. The highest BCUT2D eigenvalue weighted by atomic mass is 32.2. The van der Waals surface area contributed by atoms with Gasteiger partial charge in [0.2, 0.25) is 10.0 Å². The topological polar surface area (TPSA) is 81.8 Å². The first-order valence-electron chi connectivity index (χ1n) is 7.84. The molecule has 0 amide bonds. The second kappa shape index (κ2) is 6.84. The lowest BCUT2D eigenvalue weighted by atomic mass is 10.3. The largest absolute Gasteiger partial charge is 0.270 e. The molecule has 0 atom stereocenters. The zero-order valence-electron chi connectivity index (χ0n) is 14.4. The maximum absolute atomic E-state index is 12.5. The standard InChI is InChI=1S/C15H25N5O2S/c1-6-19-13(5)15(12(4)17-19)23(21,22)16-9-7-14-8-10-20(18-14)11(2)3/h8,10-11,16H,6-7,9H2,1-5H3. The van der Waals surface area contributed by atoms with Gasteiger partial charge in [-0.25, -0.2) is 13.1 Å². The third-order valence-electron chi connectivity index (χ3n) is 3.75. The Morgan fingerprint density at radius 1 is 1.26 bits per heavy atom. The normalized spacial score (nSPS) is 12.3. The van der Waals surface area contributed by atoms with Crippen LogP contribution in [0.1, 0.15) is 43.9 Å². The average molecular weight is 339 g/mol. The second-order valence-electron chi connectivity index (χ2n) is 5.84. The van der Waals surface area contributed by atoms with Gasteiger partial charge in [-0.2, -0.15) is 10.2 Å². The first-order valence-corrected chi connectivity index (χ1v) is 9.32. The van der Waals surface area contributed by atoms with Crippen LogP contribution in [-0.2, 0) is 23.0 Å². The van der Waals surface area contributed by atoms with E-state index in [1.54, 1.807) is 18.5 Å². The molecule has 0 aliphatic heterocycles. The van der Waals surface area contributed by atoms with Gasteiger partial charge in [0.05, 0.1) is 17.1 Å². The highest BCUT2D eigenvalue weighted by Crippen LogP contribution is 2.19. The maximum atomic E-state index is 12.5. The van der Waals surface area contributed by atoms with Crippen molar-refractivity contribution >= 4 is 10.0 Å². The van der Waals surface area contributed by atoms with Crippen molar-refractivity contribution in [1.29, 1.82) is 0 Å². The summed E-state index contributed by atoms with van der Waals surface area (Å²) in [7, 11) is -3.56. The number of aryl methyl sites for hydroxylation is 2. The fourth-order valence-electron chi connectivity index (χ4n) is 2.56. The minimum atomic E-state index is -3.56. The van der Waals surface area contributed by atoms with Crippen molar-refractivity contribution < 1.29 is 8.42 Å². The van der Waals surface area contributed by atoms with Gasteiger partial charge in [0.25, 0.3) is 0 Å². The fraction of sp³-hybridized carbons (Fsp3) is 0.600. The molecule has 0 spiro atoms. The van der Waals surface area contributed by atoms with Gasteiger partial charge in [0, 0.05) is 31.7 Å². The van der Waals surface area contributed by atoms with Gasteiger partial charge in [-0.15, -0.1) is 0 Å². The van der Waals surface area contributed by atoms with Crippen LogP contribution in [0.2, 0.25) is 0 Å². The lowest BCUT2D eigenvalue weighted by molar-refractivity contribution is 0.525. The Morgan fingerprint density at radius 2 is 1.96 bits per heavy atom. The second-order valence-corrected chi connectivity index (χ2v) is 7.55. The summed E-state index contributed by atoms with van der Waals surface area (Å²) < 4.78 is 31.3. The van der Waals surface area contributed by atoms with E-state index in [0.717, 1.165) is 5.69 Å². The molecule has 2 aromatic rings. The Bertz CT molecular complexity index is 774.